The van der Waals surface area contributed by atoms with Gasteiger partial charge in [-0.1, -0.05) is 12.2 Å². The van der Waals surface area contributed by atoms with Gasteiger partial charge in [0, 0.05) is 12.1 Å². The van der Waals surface area contributed by atoms with Crippen LogP contribution in [-0.4, -0.2) is 23.9 Å². The zero-order valence-corrected chi connectivity index (χ0v) is 12.5. The van der Waals surface area contributed by atoms with Gasteiger partial charge in [-0.2, -0.15) is 0 Å². The highest BCUT2D eigenvalue weighted by atomic mass is 16.2. The third-order valence-corrected chi connectivity index (χ3v) is 2.69. The normalized spacial score (nSPS) is 11.3. The third-order valence-electron chi connectivity index (χ3n) is 2.69. The van der Waals surface area contributed by atoms with Gasteiger partial charge in [-0.3, -0.25) is 9.59 Å². The molecule has 108 valence electrons. The molecule has 0 bridgehead atoms. The van der Waals surface area contributed by atoms with Crippen molar-refractivity contribution in [2.45, 2.75) is 52.6 Å². The molecule has 0 aliphatic rings. The third kappa shape index (κ3) is 4.89. The predicted octanol–water partition coefficient (Wildman–Crippen LogP) is 2.17. The second-order valence-electron chi connectivity index (χ2n) is 5.32. The van der Waals surface area contributed by atoms with Crippen LogP contribution in [0.25, 0.3) is 0 Å². The second-order valence-corrected chi connectivity index (χ2v) is 5.32. The number of nitrogens with one attached hydrogen (secondary N) is 2. The Hall–Kier alpha value is -1.58. The van der Waals surface area contributed by atoms with Gasteiger partial charge in [-0.15, -0.1) is 13.2 Å². The van der Waals surface area contributed by atoms with Gasteiger partial charge in [0.1, 0.15) is 5.41 Å². The van der Waals surface area contributed by atoms with Crippen molar-refractivity contribution in [3.63, 3.8) is 0 Å². The number of carbonyl (C=O) groups is 2. The monoisotopic (exact) mass is 266 g/mol. The Labute approximate surface area is 116 Å². The Kier molecular flexibility index (Phi) is 7.12. The molecule has 0 aromatic rings. The number of rotatable bonds is 8. The van der Waals surface area contributed by atoms with E-state index in [0.717, 1.165) is 0 Å². The molecule has 0 saturated heterocycles. The zero-order valence-electron chi connectivity index (χ0n) is 12.5. The van der Waals surface area contributed by atoms with Crippen LogP contribution in [0.15, 0.2) is 25.3 Å². The molecule has 0 atom stereocenters. The minimum atomic E-state index is -1.15. The maximum absolute atomic E-state index is 12.4. The van der Waals surface area contributed by atoms with Crippen LogP contribution in [0.5, 0.6) is 0 Å². The van der Waals surface area contributed by atoms with Crippen molar-refractivity contribution in [3.05, 3.63) is 25.3 Å². The zero-order chi connectivity index (χ0) is 15.1. The molecule has 0 aromatic carbocycles. The maximum atomic E-state index is 12.4. The minimum absolute atomic E-state index is 0.0200. The number of carbonyl (C=O) groups excluding carboxylic acids is 2. The smallest absolute Gasteiger partial charge is 0.236 e. The highest BCUT2D eigenvalue weighted by molar-refractivity contribution is 6.05. The summed E-state index contributed by atoms with van der Waals surface area (Å²) < 4.78 is 0. The molecule has 0 aromatic heterocycles. The molecule has 0 saturated carbocycles. The van der Waals surface area contributed by atoms with Crippen molar-refractivity contribution in [2.75, 3.05) is 0 Å². The Morgan fingerprint density at radius 1 is 0.947 bits per heavy atom. The summed E-state index contributed by atoms with van der Waals surface area (Å²) in [5.41, 5.74) is -1.15. The molecular weight excluding hydrogens is 240 g/mol. The Balaban J connectivity index is 5.38. The van der Waals surface area contributed by atoms with E-state index in [-0.39, 0.29) is 36.7 Å². The van der Waals surface area contributed by atoms with Crippen molar-refractivity contribution in [3.8, 4) is 0 Å². The lowest BCUT2D eigenvalue weighted by molar-refractivity contribution is -0.144. The summed E-state index contributed by atoms with van der Waals surface area (Å²) in [6.45, 7) is 14.8. The highest BCUT2D eigenvalue weighted by Crippen LogP contribution is 2.29. The van der Waals surface area contributed by atoms with Crippen LogP contribution >= 0.6 is 0 Å². The summed E-state index contributed by atoms with van der Waals surface area (Å²) in [6, 6.07) is -0.0401. The molecule has 0 heterocycles. The predicted molar refractivity (Wildman–Crippen MR) is 78.6 cm³/mol. The molecule has 4 heteroatoms. The molecule has 2 amide bonds. The van der Waals surface area contributed by atoms with Gasteiger partial charge < -0.3 is 10.6 Å². The molecule has 0 rings (SSSR count). The lowest BCUT2D eigenvalue weighted by Gasteiger charge is -2.31. The fraction of sp³-hybridized carbons (Fsp3) is 0.600. The Bertz CT molecular complexity index is 312. The van der Waals surface area contributed by atoms with Crippen LogP contribution in [-0.2, 0) is 9.59 Å². The van der Waals surface area contributed by atoms with E-state index in [9.17, 15) is 9.59 Å². The standard InChI is InChI=1S/C15H26N2O2/c1-7-9-15(10-8-2,13(18)16-11(3)4)14(19)17-12(5)6/h7-8,11-12H,1-2,9-10H2,3-6H3,(H,16,18)(H,17,19). The van der Waals surface area contributed by atoms with Crippen molar-refractivity contribution in [1.29, 1.82) is 0 Å². The van der Waals surface area contributed by atoms with E-state index in [0.29, 0.717) is 0 Å². The van der Waals surface area contributed by atoms with E-state index in [1.807, 2.05) is 27.7 Å². The van der Waals surface area contributed by atoms with Gasteiger partial charge in [0.05, 0.1) is 0 Å². The number of hydrogen-bond donors (Lipinski definition) is 2. The van der Waals surface area contributed by atoms with Crippen LogP contribution in [0, 0.1) is 5.41 Å². The van der Waals surface area contributed by atoms with Gasteiger partial charge in [0.15, 0.2) is 0 Å². The molecular formula is C15H26N2O2. The highest BCUT2D eigenvalue weighted by Gasteiger charge is 2.43. The van der Waals surface area contributed by atoms with Crippen LogP contribution in [0.2, 0.25) is 0 Å². The topological polar surface area (TPSA) is 58.2 Å². The van der Waals surface area contributed by atoms with E-state index in [4.69, 9.17) is 0 Å². The van der Waals surface area contributed by atoms with Gasteiger partial charge in [-0.05, 0) is 40.5 Å². The number of hydrogen-bond acceptors (Lipinski definition) is 2. The fourth-order valence-electron chi connectivity index (χ4n) is 1.85. The van der Waals surface area contributed by atoms with Crippen molar-refractivity contribution >= 4 is 11.8 Å². The number of amides is 2. The molecule has 4 nitrogen and oxygen atoms in total. The van der Waals surface area contributed by atoms with E-state index in [1.165, 1.54) is 0 Å². The Morgan fingerprint density at radius 3 is 1.47 bits per heavy atom. The second kappa shape index (κ2) is 7.77. The molecule has 0 radical (unpaired) electrons. The molecule has 0 spiro atoms. The SMILES string of the molecule is C=CCC(CC=C)(C(=O)NC(C)C)C(=O)NC(C)C. The maximum Gasteiger partial charge on any atom is 0.236 e. The van der Waals surface area contributed by atoms with Gasteiger partial charge >= 0.3 is 0 Å². The summed E-state index contributed by atoms with van der Waals surface area (Å²) in [5, 5.41) is 5.62. The first-order valence-corrected chi connectivity index (χ1v) is 6.64. The molecule has 19 heavy (non-hydrogen) atoms. The summed E-state index contributed by atoms with van der Waals surface area (Å²) in [5.74, 6) is -0.555. The first-order chi connectivity index (χ1) is 8.80. The lowest BCUT2D eigenvalue weighted by atomic mass is 9.78. The quantitative estimate of drug-likeness (QED) is 0.522. The van der Waals surface area contributed by atoms with E-state index in [1.54, 1.807) is 12.2 Å². The molecule has 2 N–H and O–H groups in total. The van der Waals surface area contributed by atoms with Crippen molar-refractivity contribution in [1.82, 2.24) is 10.6 Å². The lowest BCUT2D eigenvalue weighted by Crippen LogP contribution is -2.53. The number of allylic oxidation sites excluding steroid dienone is 2. The van der Waals surface area contributed by atoms with Gasteiger partial charge in [0.25, 0.3) is 0 Å². The van der Waals surface area contributed by atoms with Crippen LogP contribution < -0.4 is 10.6 Å². The first-order valence-electron chi connectivity index (χ1n) is 6.64. The average Bonchev–Trinajstić information content (AvgIpc) is 2.26. The molecule has 0 fully saturated rings. The molecule has 0 aliphatic carbocycles. The molecule has 0 aliphatic heterocycles. The van der Waals surface area contributed by atoms with E-state index < -0.39 is 5.41 Å². The summed E-state index contributed by atoms with van der Waals surface area (Å²) >= 11 is 0. The largest absolute Gasteiger partial charge is 0.353 e. The van der Waals surface area contributed by atoms with Crippen molar-refractivity contribution in [2.24, 2.45) is 5.41 Å². The summed E-state index contributed by atoms with van der Waals surface area (Å²) in [6.07, 6.45) is 3.78. The summed E-state index contributed by atoms with van der Waals surface area (Å²) in [7, 11) is 0. The van der Waals surface area contributed by atoms with Crippen LogP contribution in [0.3, 0.4) is 0 Å². The Morgan fingerprint density at radius 2 is 1.26 bits per heavy atom. The molecule has 0 unspecified atom stereocenters. The summed E-state index contributed by atoms with van der Waals surface area (Å²) in [4.78, 5) is 24.8. The van der Waals surface area contributed by atoms with Gasteiger partial charge in [0.2, 0.25) is 11.8 Å². The van der Waals surface area contributed by atoms with E-state index in [2.05, 4.69) is 23.8 Å². The average molecular weight is 266 g/mol. The minimum Gasteiger partial charge on any atom is -0.353 e. The van der Waals surface area contributed by atoms with E-state index >= 15 is 0 Å². The van der Waals surface area contributed by atoms with Crippen LogP contribution in [0.1, 0.15) is 40.5 Å². The fourth-order valence-corrected chi connectivity index (χ4v) is 1.85. The van der Waals surface area contributed by atoms with Crippen molar-refractivity contribution < 1.29 is 9.59 Å². The first kappa shape index (κ1) is 17.4. The van der Waals surface area contributed by atoms with Gasteiger partial charge in [-0.25, -0.2) is 0 Å². The van der Waals surface area contributed by atoms with Crippen LogP contribution in [0.4, 0.5) is 0 Å².